The van der Waals surface area contributed by atoms with Gasteiger partial charge in [0.2, 0.25) is 6.41 Å². The topological polar surface area (TPSA) is 191 Å². The van der Waals surface area contributed by atoms with Crippen molar-refractivity contribution in [3.05, 3.63) is 0 Å². The number of carbonyl (C=O) groups is 1. The SMILES string of the molecule is CCCOCCOCCOCCOCCN.NCCOCCOCCOCCN(C=O)CCOCCOCCOCCN. The number of amides is 1. The van der Waals surface area contributed by atoms with Crippen LogP contribution in [0.3, 0.4) is 0 Å². The molecular formula is C28H62N4O11. The first-order valence-corrected chi connectivity index (χ1v) is 15.3. The van der Waals surface area contributed by atoms with Gasteiger partial charge in [-0.15, -0.1) is 0 Å². The Bertz CT molecular complexity index is 466. The molecule has 15 nitrogen and oxygen atoms in total. The van der Waals surface area contributed by atoms with Crippen molar-refractivity contribution in [3.8, 4) is 0 Å². The van der Waals surface area contributed by atoms with Crippen molar-refractivity contribution in [1.29, 1.82) is 0 Å². The number of hydrogen-bond donors (Lipinski definition) is 3. The van der Waals surface area contributed by atoms with Crippen LogP contribution in [0.4, 0.5) is 0 Å². The molecule has 0 bridgehead atoms. The van der Waals surface area contributed by atoms with Gasteiger partial charge < -0.3 is 69.5 Å². The first kappa shape index (κ1) is 44.1. The summed E-state index contributed by atoms with van der Waals surface area (Å²) in [5.41, 5.74) is 15.9. The third-order valence-corrected chi connectivity index (χ3v) is 4.93. The second-order valence-corrected chi connectivity index (χ2v) is 8.63. The lowest BCUT2D eigenvalue weighted by Crippen LogP contribution is -2.30. The Balaban J connectivity index is 0. The van der Waals surface area contributed by atoms with Crippen LogP contribution in [-0.2, 0) is 52.2 Å². The fourth-order valence-electron chi connectivity index (χ4n) is 2.82. The second kappa shape index (κ2) is 43.1. The second-order valence-electron chi connectivity index (χ2n) is 8.63. The van der Waals surface area contributed by atoms with Gasteiger partial charge in [-0.05, 0) is 6.42 Å². The lowest BCUT2D eigenvalue weighted by Gasteiger charge is -2.17. The number of nitrogens with two attached hydrogens (primary N) is 3. The highest BCUT2D eigenvalue weighted by molar-refractivity contribution is 5.46. The molecule has 43 heavy (non-hydrogen) atoms. The maximum atomic E-state index is 11.0. The van der Waals surface area contributed by atoms with Crippen molar-refractivity contribution in [1.82, 2.24) is 4.90 Å². The Labute approximate surface area is 259 Å². The van der Waals surface area contributed by atoms with Crippen molar-refractivity contribution >= 4 is 6.41 Å². The number of nitrogens with zero attached hydrogens (tertiary/aromatic N) is 1. The fourth-order valence-corrected chi connectivity index (χ4v) is 2.82. The van der Waals surface area contributed by atoms with Gasteiger partial charge in [-0.25, -0.2) is 0 Å². The zero-order valence-electron chi connectivity index (χ0n) is 26.6. The van der Waals surface area contributed by atoms with Gasteiger partial charge in [0.05, 0.1) is 126 Å². The number of hydrogen-bond acceptors (Lipinski definition) is 14. The standard InChI is InChI=1S/C17H37N3O7.C11H25NO4/c18-1-5-22-9-13-26-15-11-24-7-3-20(17-21)4-8-25-12-16-27-14-10-23-6-2-19;1-2-4-13-6-8-15-10-11-16-9-7-14-5-3-12/h17H,1-16,18-19H2;2-12H2,1H3. The lowest BCUT2D eigenvalue weighted by atomic mass is 10.5. The molecule has 15 heteroatoms. The summed E-state index contributed by atoms with van der Waals surface area (Å²) < 4.78 is 52.9. The Morgan fingerprint density at radius 3 is 0.860 bits per heavy atom. The van der Waals surface area contributed by atoms with Crippen LogP contribution in [0.15, 0.2) is 0 Å². The van der Waals surface area contributed by atoms with Crippen LogP contribution >= 0.6 is 0 Å². The normalized spacial score (nSPS) is 11.0. The summed E-state index contributed by atoms with van der Waals surface area (Å²) >= 11 is 0. The van der Waals surface area contributed by atoms with Crippen molar-refractivity contribution in [2.75, 3.05) is 165 Å². The molecule has 0 aromatic rings. The van der Waals surface area contributed by atoms with Gasteiger partial charge in [-0.3, -0.25) is 4.79 Å². The van der Waals surface area contributed by atoms with E-state index < -0.39 is 0 Å². The summed E-state index contributed by atoms with van der Waals surface area (Å²) in [6.45, 7) is 15.8. The zero-order chi connectivity index (χ0) is 31.7. The molecule has 0 aromatic heterocycles. The molecule has 1 amide bonds. The Morgan fingerprint density at radius 1 is 0.395 bits per heavy atom. The molecule has 0 fully saturated rings. The maximum absolute atomic E-state index is 11.0. The van der Waals surface area contributed by atoms with E-state index in [0.717, 1.165) is 19.4 Å². The van der Waals surface area contributed by atoms with Crippen LogP contribution in [0, 0.1) is 0 Å². The molecule has 0 radical (unpaired) electrons. The number of rotatable bonds is 36. The van der Waals surface area contributed by atoms with Crippen molar-refractivity contribution in [2.24, 2.45) is 17.2 Å². The summed E-state index contributed by atoms with van der Waals surface area (Å²) in [5.74, 6) is 0. The van der Waals surface area contributed by atoms with Gasteiger partial charge in [-0.1, -0.05) is 6.92 Å². The first-order valence-electron chi connectivity index (χ1n) is 15.3. The van der Waals surface area contributed by atoms with E-state index in [1.54, 1.807) is 4.90 Å². The minimum Gasteiger partial charge on any atom is -0.379 e. The minimum absolute atomic E-state index is 0.456. The van der Waals surface area contributed by atoms with Crippen molar-refractivity contribution in [2.45, 2.75) is 13.3 Å². The van der Waals surface area contributed by atoms with E-state index in [4.69, 9.17) is 64.6 Å². The molecule has 0 aliphatic rings. The van der Waals surface area contributed by atoms with E-state index in [-0.39, 0.29) is 0 Å². The van der Waals surface area contributed by atoms with Crippen molar-refractivity contribution in [3.63, 3.8) is 0 Å². The van der Waals surface area contributed by atoms with E-state index in [0.29, 0.717) is 158 Å². The van der Waals surface area contributed by atoms with Crippen LogP contribution < -0.4 is 17.2 Å². The van der Waals surface area contributed by atoms with Crippen LogP contribution in [-0.4, -0.2) is 176 Å². The van der Waals surface area contributed by atoms with E-state index in [9.17, 15) is 4.79 Å². The van der Waals surface area contributed by atoms with E-state index >= 15 is 0 Å². The highest BCUT2D eigenvalue weighted by Gasteiger charge is 2.02. The Hall–Kier alpha value is -1.05. The third kappa shape index (κ3) is 43.1. The molecule has 0 saturated heterocycles. The molecule has 0 aliphatic carbocycles. The monoisotopic (exact) mass is 630 g/mol. The van der Waals surface area contributed by atoms with Gasteiger partial charge in [0.1, 0.15) is 0 Å². The summed E-state index contributed by atoms with van der Waals surface area (Å²) in [6.07, 6.45) is 1.84. The van der Waals surface area contributed by atoms with Gasteiger partial charge in [0, 0.05) is 39.3 Å². The van der Waals surface area contributed by atoms with E-state index in [2.05, 4.69) is 6.92 Å². The summed E-state index contributed by atoms with van der Waals surface area (Å²) in [7, 11) is 0. The summed E-state index contributed by atoms with van der Waals surface area (Å²) in [6, 6.07) is 0. The molecule has 0 aromatic carbocycles. The van der Waals surface area contributed by atoms with Gasteiger partial charge in [0.25, 0.3) is 0 Å². The van der Waals surface area contributed by atoms with Gasteiger partial charge in [0.15, 0.2) is 0 Å². The van der Waals surface area contributed by atoms with Crippen molar-refractivity contribution < 1.29 is 52.2 Å². The molecule has 260 valence electrons. The van der Waals surface area contributed by atoms with Crippen LogP contribution in [0.5, 0.6) is 0 Å². The average Bonchev–Trinajstić information content (AvgIpc) is 3.02. The predicted octanol–water partition coefficient (Wildman–Crippen LogP) is -1.12. The zero-order valence-corrected chi connectivity index (χ0v) is 26.6. The summed E-state index contributed by atoms with van der Waals surface area (Å²) in [4.78, 5) is 12.6. The van der Waals surface area contributed by atoms with Gasteiger partial charge >= 0.3 is 0 Å². The molecule has 0 saturated carbocycles. The highest BCUT2D eigenvalue weighted by Crippen LogP contribution is 1.88. The smallest absolute Gasteiger partial charge is 0.209 e. The fraction of sp³-hybridized carbons (Fsp3) is 0.964. The maximum Gasteiger partial charge on any atom is 0.209 e. The van der Waals surface area contributed by atoms with Crippen LogP contribution in [0.2, 0.25) is 0 Å². The number of ether oxygens (including phenoxy) is 10. The Kier molecular flexibility index (Phi) is 44.2. The third-order valence-electron chi connectivity index (χ3n) is 4.93. The largest absolute Gasteiger partial charge is 0.379 e. The van der Waals surface area contributed by atoms with E-state index in [1.165, 1.54) is 0 Å². The lowest BCUT2D eigenvalue weighted by molar-refractivity contribution is -0.119. The highest BCUT2D eigenvalue weighted by atomic mass is 16.6. The molecular weight excluding hydrogens is 568 g/mol. The molecule has 0 heterocycles. The number of carbonyl (C=O) groups excluding carboxylic acids is 1. The molecule has 6 N–H and O–H groups in total. The summed E-state index contributed by atoms with van der Waals surface area (Å²) in [5, 5.41) is 0. The minimum atomic E-state index is 0.456. The molecule has 0 unspecified atom stereocenters. The molecule has 0 rings (SSSR count). The first-order chi connectivity index (χ1) is 21.3. The average molecular weight is 631 g/mol. The quantitative estimate of drug-likeness (QED) is 0.0557. The van der Waals surface area contributed by atoms with Gasteiger partial charge in [-0.2, -0.15) is 0 Å². The Morgan fingerprint density at radius 2 is 0.628 bits per heavy atom. The van der Waals surface area contributed by atoms with E-state index in [1.807, 2.05) is 0 Å². The van der Waals surface area contributed by atoms with Crippen LogP contribution in [0.25, 0.3) is 0 Å². The molecule has 0 aliphatic heterocycles. The van der Waals surface area contributed by atoms with Crippen LogP contribution in [0.1, 0.15) is 13.3 Å². The predicted molar refractivity (Wildman–Crippen MR) is 163 cm³/mol. The molecule has 0 spiro atoms. The molecule has 0 atom stereocenters.